The minimum atomic E-state index is -2.05. The molecule has 2 aromatic rings. The van der Waals surface area contributed by atoms with Crippen molar-refractivity contribution < 1.29 is 78.0 Å². The molecule has 0 spiro atoms. The van der Waals surface area contributed by atoms with Crippen molar-refractivity contribution >= 4 is 83.7 Å². The average Bonchev–Trinajstić information content (AvgIpc) is 4.05. The number of carboxylic acid groups (broad SMARTS) is 3. The molecular formula is C43H66N14O16S. The van der Waals surface area contributed by atoms with E-state index < -0.39 is 176 Å². The Morgan fingerprint density at radius 2 is 0.973 bits per heavy atom. The molecule has 0 aliphatic heterocycles. The monoisotopic (exact) mass is 1070 g/mol. The third kappa shape index (κ3) is 22.0. The lowest BCUT2D eigenvalue weighted by Crippen LogP contribution is -2.61. The van der Waals surface area contributed by atoms with Crippen molar-refractivity contribution in [3.63, 3.8) is 0 Å². The highest BCUT2D eigenvalue weighted by Gasteiger charge is 2.36. The number of amides is 9. The van der Waals surface area contributed by atoms with E-state index in [2.05, 4.69) is 75.1 Å². The SMILES string of the molecule is CC(C)C[C@H](NC(=O)[C@@H](N)CS)C(=O)N[C@@H](CO)C(=O)N[C@@H](CCC(=O)O)C(=O)N[C@@H](Cc1cnc[nH]1)C(=O)N[C@@H](CC(=O)O)C(=O)N[C@@H](CCC(N)=O)C(=O)N[C@@H](Cc1cnc[nH]1)C(=O)N[C@H](C(=O)O)C(C)C. The summed E-state index contributed by atoms with van der Waals surface area (Å²) in [5.74, 6) is -15.0. The number of nitrogens with one attached hydrogen (secondary N) is 10. The Bertz CT molecular complexity index is 2270. The van der Waals surface area contributed by atoms with E-state index in [9.17, 15) is 78.0 Å². The van der Waals surface area contributed by atoms with Gasteiger partial charge >= 0.3 is 17.9 Å². The number of nitrogens with two attached hydrogens (primary N) is 2. The Hall–Kier alpha value is -7.67. The number of hydrogen-bond donors (Lipinski definition) is 17. The van der Waals surface area contributed by atoms with Gasteiger partial charge in [0.05, 0.1) is 31.7 Å². The van der Waals surface area contributed by atoms with E-state index in [0.29, 0.717) is 5.69 Å². The molecule has 2 aromatic heterocycles. The van der Waals surface area contributed by atoms with E-state index in [1.807, 2.05) is 0 Å². The van der Waals surface area contributed by atoms with Crippen molar-refractivity contribution in [1.29, 1.82) is 0 Å². The number of carboxylic acids is 3. The first kappa shape index (κ1) is 62.4. The van der Waals surface area contributed by atoms with Crippen molar-refractivity contribution in [2.75, 3.05) is 12.4 Å². The Kier molecular flexibility index (Phi) is 26.2. The van der Waals surface area contributed by atoms with Gasteiger partial charge in [0.1, 0.15) is 48.3 Å². The highest BCUT2D eigenvalue weighted by molar-refractivity contribution is 7.80. The number of aromatic amines is 2. The van der Waals surface area contributed by atoms with Gasteiger partial charge in [-0.1, -0.05) is 27.7 Å². The molecule has 0 aromatic carbocycles. The van der Waals surface area contributed by atoms with Crippen LogP contribution >= 0.6 is 12.6 Å². The fourth-order valence-electron chi connectivity index (χ4n) is 6.79. The number of primary amides is 1. The highest BCUT2D eigenvalue weighted by Crippen LogP contribution is 2.11. The van der Waals surface area contributed by atoms with Gasteiger partial charge in [0, 0.05) is 55.2 Å². The summed E-state index contributed by atoms with van der Waals surface area (Å²) in [6, 6.07) is -14.4. The number of imidazole rings is 2. The van der Waals surface area contributed by atoms with Crippen LogP contribution in [0.1, 0.15) is 77.6 Å². The van der Waals surface area contributed by atoms with Crippen LogP contribution in [-0.4, -0.2) is 178 Å². The summed E-state index contributed by atoms with van der Waals surface area (Å²) >= 11 is 3.97. The highest BCUT2D eigenvalue weighted by atomic mass is 32.1. The van der Waals surface area contributed by atoms with Gasteiger partial charge in [0.25, 0.3) is 0 Å². The van der Waals surface area contributed by atoms with Gasteiger partial charge in [-0.15, -0.1) is 0 Å². The van der Waals surface area contributed by atoms with Gasteiger partial charge in [0.2, 0.25) is 53.2 Å². The molecule has 9 amide bonds. The number of rotatable bonds is 34. The fourth-order valence-corrected chi connectivity index (χ4v) is 6.95. The third-order valence-electron chi connectivity index (χ3n) is 10.7. The first-order chi connectivity index (χ1) is 34.8. The normalized spacial score (nSPS) is 14.8. The van der Waals surface area contributed by atoms with Gasteiger partial charge in [-0.2, -0.15) is 12.6 Å². The number of aliphatic hydroxyl groups excluding tert-OH is 1. The molecule has 0 fully saturated rings. The van der Waals surface area contributed by atoms with E-state index in [4.69, 9.17) is 11.5 Å². The standard InChI is InChI=1S/C43H66N14O16S/c1-19(2)9-26(52-35(64)23(44)16-74)38(67)56-30(15-58)42(71)51-25(6-8-32(60)61)37(66)53-27(10-21-13-46-17-48-21)39(68)55-29(12-33(62)63)40(69)50-24(5-7-31(45)59)36(65)54-28(11-22-14-47-18-49-22)41(70)57-34(20(3)4)43(72)73/h13-14,17-20,23-30,34,58,74H,5-12,15-16,44H2,1-4H3,(H2,45,59)(H,46,48)(H,47,49)(H,50,69)(H,51,71)(H,52,64)(H,53,66)(H,54,65)(H,55,68)(H,56,67)(H,57,70)(H,60,61)(H,62,63)(H,72,73)/t23-,24-,25-,26-,27-,28-,29-,30-,34-/m0/s1. The second-order valence-corrected chi connectivity index (χ2v) is 18.1. The van der Waals surface area contributed by atoms with Crippen molar-refractivity contribution in [2.24, 2.45) is 23.3 Å². The number of carbonyl (C=O) groups is 12. The second kappa shape index (κ2) is 31.0. The maximum Gasteiger partial charge on any atom is 0.326 e. The molecule has 30 nitrogen and oxygen atoms in total. The number of aliphatic hydroxyl groups is 1. The van der Waals surface area contributed by atoms with Crippen LogP contribution in [0, 0.1) is 11.8 Å². The number of aliphatic carboxylic acids is 3. The van der Waals surface area contributed by atoms with E-state index >= 15 is 0 Å². The number of aromatic nitrogens is 4. The largest absolute Gasteiger partial charge is 0.481 e. The smallest absolute Gasteiger partial charge is 0.326 e. The van der Waals surface area contributed by atoms with Crippen molar-refractivity contribution in [2.45, 2.75) is 133 Å². The molecule has 18 N–H and O–H groups in total. The number of nitrogens with zero attached hydrogens (tertiary/aromatic N) is 2. The molecule has 0 saturated carbocycles. The van der Waals surface area contributed by atoms with Gasteiger partial charge in [-0.05, 0) is 31.1 Å². The Morgan fingerprint density at radius 1 is 0.568 bits per heavy atom. The van der Waals surface area contributed by atoms with E-state index in [-0.39, 0.29) is 30.2 Å². The van der Waals surface area contributed by atoms with E-state index in [0.717, 1.165) is 0 Å². The molecule has 74 heavy (non-hydrogen) atoms. The lowest BCUT2D eigenvalue weighted by molar-refractivity contribution is -0.143. The summed E-state index contributed by atoms with van der Waals surface area (Å²) in [7, 11) is 0. The van der Waals surface area contributed by atoms with Gasteiger partial charge < -0.3 is 84.4 Å². The minimum Gasteiger partial charge on any atom is -0.481 e. The molecule has 9 atom stereocenters. The van der Waals surface area contributed by atoms with Crippen LogP contribution < -0.4 is 54.0 Å². The number of thiol groups is 1. The molecule has 0 radical (unpaired) electrons. The topological polar surface area (TPSA) is 491 Å². The Labute approximate surface area is 428 Å². The van der Waals surface area contributed by atoms with Crippen LogP contribution in [0.2, 0.25) is 0 Å². The fraction of sp³-hybridized carbons (Fsp3) is 0.581. The van der Waals surface area contributed by atoms with E-state index in [1.54, 1.807) is 13.8 Å². The lowest BCUT2D eigenvalue weighted by Gasteiger charge is -2.27. The van der Waals surface area contributed by atoms with Gasteiger partial charge in [-0.25, -0.2) is 14.8 Å². The number of H-pyrrole nitrogens is 2. The maximum atomic E-state index is 14.1. The molecule has 410 valence electrons. The zero-order valence-corrected chi connectivity index (χ0v) is 41.8. The molecule has 0 bridgehead atoms. The Morgan fingerprint density at radius 3 is 1.38 bits per heavy atom. The predicted molar refractivity (Wildman–Crippen MR) is 258 cm³/mol. The summed E-state index contributed by atoms with van der Waals surface area (Å²) in [5.41, 5.74) is 11.5. The zero-order valence-electron chi connectivity index (χ0n) is 40.9. The van der Waals surface area contributed by atoms with Crippen LogP contribution in [0.25, 0.3) is 0 Å². The van der Waals surface area contributed by atoms with Crippen LogP contribution in [0.4, 0.5) is 0 Å². The summed E-state index contributed by atoms with van der Waals surface area (Å²) < 4.78 is 0. The molecule has 2 rings (SSSR count). The van der Waals surface area contributed by atoms with Crippen LogP contribution in [-0.2, 0) is 70.4 Å². The van der Waals surface area contributed by atoms with Gasteiger partial charge in [0.15, 0.2) is 0 Å². The molecule has 0 aliphatic carbocycles. The Balaban J connectivity index is 2.46. The molecule has 0 unspecified atom stereocenters. The zero-order chi connectivity index (χ0) is 55.8. The summed E-state index contributed by atoms with van der Waals surface area (Å²) in [5, 5.41) is 57.6. The molecule has 31 heteroatoms. The third-order valence-corrected chi connectivity index (χ3v) is 11.1. The van der Waals surface area contributed by atoms with Crippen LogP contribution in [0.3, 0.4) is 0 Å². The maximum absolute atomic E-state index is 14.1. The molecule has 2 heterocycles. The number of carbonyl (C=O) groups excluding carboxylic acids is 9. The lowest BCUT2D eigenvalue weighted by atomic mass is 10.0. The second-order valence-electron chi connectivity index (χ2n) is 17.7. The van der Waals surface area contributed by atoms with Crippen LogP contribution in [0.15, 0.2) is 25.0 Å². The van der Waals surface area contributed by atoms with Crippen LogP contribution in [0.5, 0.6) is 0 Å². The van der Waals surface area contributed by atoms with Crippen molar-refractivity contribution in [3.05, 3.63) is 36.4 Å². The average molecular weight is 1070 g/mol. The van der Waals surface area contributed by atoms with Gasteiger partial charge in [-0.3, -0.25) is 52.7 Å². The predicted octanol–water partition coefficient (Wildman–Crippen LogP) is -5.56. The number of hydrogen-bond acceptors (Lipinski definition) is 17. The van der Waals surface area contributed by atoms with E-state index in [1.165, 1.54) is 38.9 Å². The minimum absolute atomic E-state index is 0.0601. The molecular weight excluding hydrogens is 1000 g/mol. The van der Waals surface area contributed by atoms with Crippen molar-refractivity contribution in [3.8, 4) is 0 Å². The summed E-state index contributed by atoms with van der Waals surface area (Å²) in [4.78, 5) is 169. The molecule has 0 aliphatic rings. The molecule has 0 saturated heterocycles. The first-order valence-electron chi connectivity index (χ1n) is 23.1. The quantitative estimate of drug-likeness (QED) is 0.0291. The summed E-state index contributed by atoms with van der Waals surface area (Å²) in [6.45, 7) is 5.46. The first-order valence-corrected chi connectivity index (χ1v) is 23.7. The summed E-state index contributed by atoms with van der Waals surface area (Å²) in [6.07, 6.45) is 0.712. The van der Waals surface area contributed by atoms with Crippen molar-refractivity contribution in [1.82, 2.24) is 62.5 Å².